The van der Waals surface area contributed by atoms with E-state index in [1.807, 2.05) is 14.1 Å². The molecule has 0 bridgehead atoms. The molecule has 6 heteroatoms. The molecule has 1 heterocycles. The molecule has 0 fully saturated rings. The van der Waals surface area contributed by atoms with Crippen LogP contribution >= 0.6 is 11.6 Å². The summed E-state index contributed by atoms with van der Waals surface area (Å²) < 4.78 is 0. The minimum Gasteiger partial charge on any atom is -0.347 e. The van der Waals surface area contributed by atoms with Crippen molar-refractivity contribution in [2.75, 3.05) is 24.3 Å². The molecule has 19 heavy (non-hydrogen) atoms. The van der Waals surface area contributed by atoms with Crippen LogP contribution in [-0.4, -0.2) is 30.0 Å². The van der Waals surface area contributed by atoms with Gasteiger partial charge in [0.25, 0.3) is 5.91 Å². The first kappa shape index (κ1) is 13.3. The lowest BCUT2D eigenvalue weighted by Crippen LogP contribution is -2.16. The van der Waals surface area contributed by atoms with Crippen LogP contribution < -0.4 is 10.2 Å². The second-order valence-corrected chi connectivity index (χ2v) is 4.57. The number of anilines is 2. The van der Waals surface area contributed by atoms with E-state index in [1.165, 1.54) is 12.4 Å². The molecule has 0 saturated heterocycles. The third-order valence-corrected chi connectivity index (χ3v) is 2.62. The van der Waals surface area contributed by atoms with Crippen molar-refractivity contribution in [3.8, 4) is 0 Å². The smallest absolute Gasteiger partial charge is 0.258 e. The SMILES string of the molecule is CN(C)c1ncc(C(=O)Nc2cccc(Cl)c2)cn1. The molecule has 98 valence electrons. The summed E-state index contributed by atoms with van der Waals surface area (Å²) in [7, 11) is 3.67. The summed E-state index contributed by atoms with van der Waals surface area (Å²) in [5.41, 5.74) is 1.03. The normalized spacial score (nSPS) is 10.1. The highest BCUT2D eigenvalue weighted by Crippen LogP contribution is 2.15. The number of halogens is 1. The van der Waals surface area contributed by atoms with Gasteiger partial charge in [0.2, 0.25) is 5.95 Å². The third kappa shape index (κ3) is 3.42. The molecule has 0 atom stereocenters. The first-order valence-corrected chi connectivity index (χ1v) is 6.00. The average molecular weight is 277 g/mol. The molecule has 1 N–H and O–H groups in total. The number of hydrogen-bond acceptors (Lipinski definition) is 4. The lowest BCUT2D eigenvalue weighted by Gasteiger charge is -2.10. The van der Waals surface area contributed by atoms with Gasteiger partial charge in [0, 0.05) is 37.2 Å². The van der Waals surface area contributed by atoms with Crippen LogP contribution in [0, 0.1) is 0 Å². The van der Waals surface area contributed by atoms with Crippen LogP contribution in [0.25, 0.3) is 0 Å². The summed E-state index contributed by atoms with van der Waals surface area (Å²) in [5.74, 6) is 0.284. The van der Waals surface area contributed by atoms with Gasteiger partial charge in [0.1, 0.15) is 0 Å². The minimum atomic E-state index is -0.271. The van der Waals surface area contributed by atoms with Gasteiger partial charge in [-0.15, -0.1) is 0 Å². The summed E-state index contributed by atoms with van der Waals surface area (Å²) in [6.45, 7) is 0. The molecule has 0 aliphatic carbocycles. The standard InChI is InChI=1S/C13H13ClN4O/c1-18(2)13-15-7-9(8-16-13)12(19)17-11-5-3-4-10(14)6-11/h3-8H,1-2H3,(H,17,19). The monoisotopic (exact) mass is 276 g/mol. The van der Waals surface area contributed by atoms with Crippen molar-refractivity contribution in [1.82, 2.24) is 9.97 Å². The summed E-state index contributed by atoms with van der Waals surface area (Å²) in [5, 5.41) is 3.30. The molecule has 0 aliphatic rings. The number of aromatic nitrogens is 2. The summed E-state index contributed by atoms with van der Waals surface area (Å²) in [4.78, 5) is 21.9. The van der Waals surface area contributed by atoms with E-state index in [1.54, 1.807) is 29.2 Å². The number of carbonyl (C=O) groups excluding carboxylic acids is 1. The van der Waals surface area contributed by atoms with E-state index in [2.05, 4.69) is 15.3 Å². The zero-order valence-electron chi connectivity index (χ0n) is 10.6. The molecule has 0 saturated carbocycles. The molecular formula is C13H13ClN4O. The van der Waals surface area contributed by atoms with Crippen molar-refractivity contribution in [1.29, 1.82) is 0 Å². The maximum Gasteiger partial charge on any atom is 0.258 e. The fourth-order valence-electron chi connectivity index (χ4n) is 1.44. The van der Waals surface area contributed by atoms with Crippen LogP contribution in [0.2, 0.25) is 5.02 Å². The zero-order chi connectivity index (χ0) is 13.8. The third-order valence-electron chi connectivity index (χ3n) is 2.38. The Labute approximate surface area is 116 Å². The van der Waals surface area contributed by atoms with Gasteiger partial charge in [0.05, 0.1) is 5.56 Å². The Bertz CT molecular complexity index is 583. The van der Waals surface area contributed by atoms with Crippen LogP contribution in [0.4, 0.5) is 11.6 Å². The van der Waals surface area contributed by atoms with E-state index in [4.69, 9.17) is 11.6 Å². The van der Waals surface area contributed by atoms with Gasteiger partial charge in [-0.1, -0.05) is 17.7 Å². The predicted molar refractivity (Wildman–Crippen MR) is 75.8 cm³/mol. The fourth-order valence-corrected chi connectivity index (χ4v) is 1.63. The second-order valence-electron chi connectivity index (χ2n) is 4.13. The van der Waals surface area contributed by atoms with Crippen molar-refractivity contribution in [2.24, 2.45) is 0 Å². The molecule has 0 unspecified atom stereocenters. The van der Waals surface area contributed by atoms with Crippen molar-refractivity contribution in [3.63, 3.8) is 0 Å². The topological polar surface area (TPSA) is 58.1 Å². The van der Waals surface area contributed by atoms with E-state index in [0.29, 0.717) is 22.2 Å². The Hall–Kier alpha value is -2.14. The Morgan fingerprint density at radius 1 is 1.26 bits per heavy atom. The zero-order valence-corrected chi connectivity index (χ0v) is 11.3. The van der Waals surface area contributed by atoms with E-state index in [0.717, 1.165) is 0 Å². The van der Waals surface area contributed by atoms with Crippen LogP contribution in [0.15, 0.2) is 36.7 Å². The van der Waals surface area contributed by atoms with E-state index in [9.17, 15) is 4.79 Å². The maximum absolute atomic E-state index is 12.0. The van der Waals surface area contributed by atoms with Crippen molar-refractivity contribution in [2.45, 2.75) is 0 Å². The first-order valence-electron chi connectivity index (χ1n) is 5.62. The predicted octanol–water partition coefficient (Wildman–Crippen LogP) is 2.45. The van der Waals surface area contributed by atoms with Crippen LogP contribution in [0.3, 0.4) is 0 Å². The summed E-state index contributed by atoms with van der Waals surface area (Å²) in [6.07, 6.45) is 2.98. The molecule has 5 nitrogen and oxygen atoms in total. The average Bonchev–Trinajstić information content (AvgIpc) is 2.39. The number of hydrogen-bond donors (Lipinski definition) is 1. The van der Waals surface area contributed by atoms with Gasteiger partial charge in [-0.2, -0.15) is 0 Å². The number of rotatable bonds is 3. The molecule has 2 rings (SSSR count). The van der Waals surface area contributed by atoms with Crippen LogP contribution in [-0.2, 0) is 0 Å². The van der Waals surface area contributed by atoms with E-state index >= 15 is 0 Å². The van der Waals surface area contributed by atoms with Gasteiger partial charge in [-0.05, 0) is 18.2 Å². The molecule has 1 aromatic carbocycles. The van der Waals surface area contributed by atoms with Crippen molar-refractivity contribution >= 4 is 29.1 Å². The highest BCUT2D eigenvalue weighted by atomic mass is 35.5. The second kappa shape index (κ2) is 5.67. The largest absolute Gasteiger partial charge is 0.347 e. The van der Waals surface area contributed by atoms with Gasteiger partial charge in [0.15, 0.2) is 0 Å². The fraction of sp³-hybridized carbons (Fsp3) is 0.154. The summed E-state index contributed by atoms with van der Waals surface area (Å²) >= 11 is 5.85. The van der Waals surface area contributed by atoms with E-state index in [-0.39, 0.29) is 5.91 Å². The van der Waals surface area contributed by atoms with Gasteiger partial charge >= 0.3 is 0 Å². The molecule has 1 amide bonds. The Kier molecular flexibility index (Phi) is 3.97. The lowest BCUT2D eigenvalue weighted by atomic mass is 10.3. The van der Waals surface area contributed by atoms with Gasteiger partial charge in [-0.25, -0.2) is 9.97 Å². The van der Waals surface area contributed by atoms with Gasteiger partial charge in [-0.3, -0.25) is 4.79 Å². The Balaban J connectivity index is 2.11. The quantitative estimate of drug-likeness (QED) is 0.935. The highest BCUT2D eigenvalue weighted by Gasteiger charge is 2.08. The number of nitrogens with one attached hydrogen (secondary N) is 1. The minimum absolute atomic E-state index is 0.271. The van der Waals surface area contributed by atoms with Crippen LogP contribution in [0.5, 0.6) is 0 Å². The lowest BCUT2D eigenvalue weighted by molar-refractivity contribution is 0.102. The van der Waals surface area contributed by atoms with Crippen molar-refractivity contribution in [3.05, 3.63) is 47.2 Å². The summed E-state index contributed by atoms with van der Waals surface area (Å²) in [6, 6.07) is 6.95. The van der Waals surface area contributed by atoms with Crippen LogP contribution in [0.1, 0.15) is 10.4 Å². The number of carbonyl (C=O) groups is 1. The number of benzene rings is 1. The first-order chi connectivity index (χ1) is 9.06. The molecular weight excluding hydrogens is 264 g/mol. The molecule has 1 aromatic heterocycles. The molecule has 0 spiro atoms. The Morgan fingerprint density at radius 3 is 2.53 bits per heavy atom. The number of nitrogens with zero attached hydrogens (tertiary/aromatic N) is 3. The molecule has 0 aliphatic heterocycles. The van der Waals surface area contributed by atoms with Crippen molar-refractivity contribution < 1.29 is 4.79 Å². The van der Waals surface area contributed by atoms with Gasteiger partial charge < -0.3 is 10.2 Å². The highest BCUT2D eigenvalue weighted by molar-refractivity contribution is 6.30. The number of amides is 1. The molecule has 0 radical (unpaired) electrons. The van der Waals surface area contributed by atoms with E-state index < -0.39 is 0 Å². The maximum atomic E-state index is 12.0. The Morgan fingerprint density at radius 2 is 1.95 bits per heavy atom. The molecule has 2 aromatic rings.